The lowest BCUT2D eigenvalue weighted by atomic mass is 9.50. The van der Waals surface area contributed by atoms with E-state index < -0.39 is 0 Å². The van der Waals surface area contributed by atoms with Crippen molar-refractivity contribution in [3.63, 3.8) is 0 Å². The van der Waals surface area contributed by atoms with Crippen molar-refractivity contribution < 1.29 is 9.59 Å². The SMILES string of the molecule is CC(C)(C)C1=CC(C(C)(C)C)=CC(NC(=O)C2CCC3C4CNC5=CC(=O)CCC5(C)C4CC[C@]23C)C=C1. The van der Waals surface area contributed by atoms with E-state index in [4.69, 9.17) is 0 Å². The molecule has 5 rings (SSSR count). The van der Waals surface area contributed by atoms with Gasteiger partial charge in [0.25, 0.3) is 0 Å². The molecule has 7 atom stereocenters. The number of nitrogens with one attached hydrogen (secondary N) is 2. The molecule has 4 heteroatoms. The number of hydrogen-bond acceptors (Lipinski definition) is 3. The Hall–Kier alpha value is -2.10. The van der Waals surface area contributed by atoms with E-state index in [1.54, 1.807) is 0 Å². The van der Waals surface area contributed by atoms with E-state index in [0.29, 0.717) is 24.2 Å². The average molecular weight is 519 g/mol. The molecule has 4 nitrogen and oxygen atoms in total. The van der Waals surface area contributed by atoms with Crippen molar-refractivity contribution in [3.8, 4) is 0 Å². The number of carbonyl (C=O) groups is 2. The minimum Gasteiger partial charge on any atom is -0.387 e. The van der Waals surface area contributed by atoms with Crippen molar-refractivity contribution in [2.24, 2.45) is 45.3 Å². The topological polar surface area (TPSA) is 58.2 Å². The second-order valence-electron chi connectivity index (χ2n) is 15.5. The number of carbonyl (C=O) groups excluding carboxylic acids is 2. The zero-order valence-corrected chi connectivity index (χ0v) is 25.0. The number of allylic oxidation sites excluding steroid dienone is 6. The van der Waals surface area contributed by atoms with Crippen LogP contribution >= 0.6 is 0 Å². The Morgan fingerprint density at radius 3 is 2.34 bits per heavy atom. The van der Waals surface area contributed by atoms with E-state index in [1.807, 2.05) is 6.08 Å². The lowest BCUT2D eigenvalue weighted by Gasteiger charge is -2.58. The van der Waals surface area contributed by atoms with Crippen LogP contribution in [0.5, 0.6) is 0 Å². The van der Waals surface area contributed by atoms with Crippen molar-refractivity contribution >= 4 is 11.7 Å². The Morgan fingerprint density at radius 2 is 1.66 bits per heavy atom. The molecule has 2 saturated carbocycles. The molecule has 0 bridgehead atoms. The zero-order valence-electron chi connectivity index (χ0n) is 25.0. The van der Waals surface area contributed by atoms with Gasteiger partial charge in [-0.3, -0.25) is 9.59 Å². The van der Waals surface area contributed by atoms with Crippen LogP contribution in [0.4, 0.5) is 0 Å². The van der Waals surface area contributed by atoms with Crippen LogP contribution in [-0.2, 0) is 9.59 Å². The molecule has 1 saturated heterocycles. The number of piperidine rings is 1. The molecule has 5 aliphatic rings. The normalized spacial score (nSPS) is 39.0. The van der Waals surface area contributed by atoms with Gasteiger partial charge in [0, 0.05) is 36.1 Å². The fraction of sp³-hybridized carbons (Fsp3) is 0.706. The van der Waals surface area contributed by atoms with Gasteiger partial charge in [-0.2, -0.15) is 0 Å². The smallest absolute Gasteiger partial charge is 0.224 e. The van der Waals surface area contributed by atoms with Gasteiger partial charge in [-0.1, -0.05) is 79.7 Å². The van der Waals surface area contributed by atoms with Crippen molar-refractivity contribution in [1.29, 1.82) is 0 Å². The largest absolute Gasteiger partial charge is 0.387 e. The highest BCUT2D eigenvalue weighted by Crippen LogP contribution is 2.64. The van der Waals surface area contributed by atoms with Crippen LogP contribution in [0.1, 0.15) is 93.9 Å². The summed E-state index contributed by atoms with van der Waals surface area (Å²) < 4.78 is 0. The first-order valence-corrected chi connectivity index (χ1v) is 15.0. The standard InChI is InChI=1S/C34H50N2O2/c1-31(2,3)21-9-10-23(18-22(17-21)32(4,5)6)36-30(38)28-12-11-26-25-20-35-29-19-24(37)13-15-34(29,8)27(25)14-16-33(26,28)7/h9-10,17-19,23,25-28,35H,11-16,20H2,1-8H3,(H,36,38)/t23?,25?,26?,27?,28?,33-,34?/m0/s1. The number of fused-ring (bicyclic) bond motifs is 5. The van der Waals surface area contributed by atoms with E-state index in [2.05, 4.69) is 90.3 Å². The molecular formula is C34H50N2O2. The summed E-state index contributed by atoms with van der Waals surface area (Å²) in [5.41, 5.74) is 3.94. The van der Waals surface area contributed by atoms with Crippen LogP contribution in [0.15, 0.2) is 47.2 Å². The van der Waals surface area contributed by atoms with Gasteiger partial charge in [-0.05, 0) is 77.2 Å². The Bertz CT molecular complexity index is 1130. The van der Waals surface area contributed by atoms with Crippen molar-refractivity contribution in [3.05, 3.63) is 47.2 Å². The number of hydrogen-bond donors (Lipinski definition) is 2. The van der Waals surface area contributed by atoms with E-state index in [1.165, 1.54) is 16.8 Å². The van der Waals surface area contributed by atoms with Gasteiger partial charge in [0.1, 0.15) is 0 Å². The van der Waals surface area contributed by atoms with Crippen molar-refractivity contribution in [2.45, 2.75) is 100.0 Å². The van der Waals surface area contributed by atoms with Gasteiger partial charge in [0.15, 0.2) is 5.78 Å². The molecule has 0 spiro atoms. The highest BCUT2D eigenvalue weighted by Gasteiger charge is 2.60. The number of amides is 1. The number of ketones is 1. The lowest BCUT2D eigenvalue weighted by Crippen LogP contribution is -2.57. The minimum absolute atomic E-state index is 0.00936. The number of rotatable bonds is 2. The summed E-state index contributed by atoms with van der Waals surface area (Å²) in [6, 6.07) is -0.0884. The Labute approximate surface area is 230 Å². The maximum atomic E-state index is 14.0. The molecule has 6 unspecified atom stereocenters. The molecule has 38 heavy (non-hydrogen) atoms. The van der Waals surface area contributed by atoms with Gasteiger partial charge in [0.05, 0.1) is 6.04 Å². The molecule has 208 valence electrons. The summed E-state index contributed by atoms with van der Waals surface area (Å²) in [6.45, 7) is 19.2. The third kappa shape index (κ3) is 4.64. The molecule has 1 amide bonds. The summed E-state index contributed by atoms with van der Waals surface area (Å²) in [7, 11) is 0. The van der Waals surface area contributed by atoms with Gasteiger partial charge in [-0.25, -0.2) is 0 Å². The third-order valence-corrected chi connectivity index (χ3v) is 11.1. The zero-order chi connectivity index (χ0) is 27.7. The van der Waals surface area contributed by atoms with Crippen LogP contribution in [0.2, 0.25) is 0 Å². The summed E-state index contributed by atoms with van der Waals surface area (Å²) in [5, 5.41) is 7.15. The maximum absolute atomic E-state index is 14.0. The molecule has 0 aromatic rings. The van der Waals surface area contributed by atoms with E-state index >= 15 is 0 Å². The van der Waals surface area contributed by atoms with Crippen LogP contribution < -0.4 is 10.6 Å². The van der Waals surface area contributed by atoms with Gasteiger partial charge < -0.3 is 10.6 Å². The maximum Gasteiger partial charge on any atom is 0.224 e. The molecule has 3 fully saturated rings. The molecule has 4 aliphatic carbocycles. The average Bonchev–Trinajstić information content (AvgIpc) is 3.00. The van der Waals surface area contributed by atoms with E-state index in [-0.39, 0.29) is 45.3 Å². The molecule has 1 heterocycles. The second-order valence-corrected chi connectivity index (χ2v) is 15.5. The van der Waals surface area contributed by atoms with E-state index in [0.717, 1.165) is 38.6 Å². The van der Waals surface area contributed by atoms with Crippen LogP contribution in [0, 0.1) is 45.3 Å². The van der Waals surface area contributed by atoms with Gasteiger partial charge in [0.2, 0.25) is 5.91 Å². The molecule has 1 aliphatic heterocycles. The van der Waals surface area contributed by atoms with Crippen molar-refractivity contribution in [1.82, 2.24) is 10.6 Å². The van der Waals surface area contributed by atoms with Crippen molar-refractivity contribution in [2.75, 3.05) is 6.54 Å². The Kier molecular flexibility index (Phi) is 6.68. The summed E-state index contributed by atoms with van der Waals surface area (Å²) in [4.78, 5) is 26.1. The third-order valence-electron chi connectivity index (χ3n) is 11.1. The predicted octanol–water partition coefficient (Wildman–Crippen LogP) is 6.90. The highest BCUT2D eigenvalue weighted by atomic mass is 16.2. The first-order valence-electron chi connectivity index (χ1n) is 15.0. The fourth-order valence-electron chi connectivity index (χ4n) is 8.58. The van der Waals surface area contributed by atoms with E-state index in [9.17, 15) is 9.59 Å². The Balaban J connectivity index is 1.35. The highest BCUT2D eigenvalue weighted by molar-refractivity contribution is 5.91. The molecule has 0 aromatic heterocycles. The second kappa shape index (κ2) is 9.24. The van der Waals surface area contributed by atoms with Gasteiger partial charge >= 0.3 is 0 Å². The summed E-state index contributed by atoms with van der Waals surface area (Å²) in [6.07, 6.45) is 16.9. The predicted molar refractivity (Wildman–Crippen MR) is 155 cm³/mol. The van der Waals surface area contributed by atoms with Crippen LogP contribution in [0.3, 0.4) is 0 Å². The van der Waals surface area contributed by atoms with Crippen LogP contribution in [-0.4, -0.2) is 24.3 Å². The fourth-order valence-corrected chi connectivity index (χ4v) is 8.58. The molecule has 2 N–H and O–H groups in total. The molecule has 0 radical (unpaired) electrons. The molecular weight excluding hydrogens is 468 g/mol. The first kappa shape index (κ1) is 27.5. The summed E-state index contributed by atoms with van der Waals surface area (Å²) >= 11 is 0. The lowest BCUT2D eigenvalue weighted by molar-refractivity contribution is -0.132. The monoisotopic (exact) mass is 518 g/mol. The summed E-state index contributed by atoms with van der Waals surface area (Å²) in [5.74, 6) is 2.29. The minimum atomic E-state index is -0.0884. The first-order chi connectivity index (χ1) is 17.6. The Morgan fingerprint density at radius 1 is 0.947 bits per heavy atom. The van der Waals surface area contributed by atoms with Gasteiger partial charge in [-0.15, -0.1) is 0 Å². The molecule has 0 aromatic carbocycles. The quantitative estimate of drug-likeness (QED) is 0.418. The van der Waals surface area contributed by atoms with Crippen LogP contribution in [0.25, 0.3) is 0 Å².